The van der Waals surface area contributed by atoms with Crippen LogP contribution in [-0.2, 0) is 0 Å². The number of hydrogen-bond acceptors (Lipinski definition) is 3. The number of phenols is 2. The lowest BCUT2D eigenvalue weighted by molar-refractivity contribution is 0.428. The molecule has 0 fully saturated rings. The number of hydrogen-bond donors (Lipinski definition) is 3. The number of thiol groups is 1. The molecular formula is C7H9BO2S. The Morgan fingerprint density at radius 3 is 2.45 bits per heavy atom. The third-order valence-corrected chi connectivity index (χ3v) is 2.05. The van der Waals surface area contributed by atoms with Gasteiger partial charge in [-0.15, -0.1) is 12.6 Å². The summed E-state index contributed by atoms with van der Waals surface area (Å²) in [5.41, 5.74) is 1.45. The van der Waals surface area contributed by atoms with Crippen molar-refractivity contribution in [3.8, 4) is 11.5 Å². The molecule has 0 atom stereocenters. The standard InChI is InChI=1S/C7H9BO2S/c1-3-2-4(8)6(10)7(11)5(3)9/h2,9-11H,8H2,1H3. The summed E-state index contributed by atoms with van der Waals surface area (Å²) in [7, 11) is 1.77. The van der Waals surface area contributed by atoms with Crippen LogP contribution in [0.4, 0.5) is 0 Å². The summed E-state index contributed by atoms with van der Waals surface area (Å²) in [5.74, 6) is 0.105. The van der Waals surface area contributed by atoms with E-state index in [0.29, 0.717) is 0 Å². The third-order valence-electron chi connectivity index (χ3n) is 1.63. The number of phenolic OH excluding ortho intramolecular Hbond substituents is 2. The largest absolute Gasteiger partial charge is 0.507 e. The fourth-order valence-corrected chi connectivity index (χ4v) is 1.30. The second kappa shape index (κ2) is 2.70. The Labute approximate surface area is 71.7 Å². The maximum Gasteiger partial charge on any atom is 0.144 e. The topological polar surface area (TPSA) is 40.5 Å². The van der Waals surface area contributed by atoms with Crippen molar-refractivity contribution in [2.75, 3.05) is 0 Å². The van der Waals surface area contributed by atoms with E-state index < -0.39 is 0 Å². The molecule has 11 heavy (non-hydrogen) atoms. The molecule has 0 heterocycles. The van der Waals surface area contributed by atoms with Crippen LogP contribution in [0, 0.1) is 6.92 Å². The van der Waals surface area contributed by atoms with Gasteiger partial charge in [-0.2, -0.15) is 0 Å². The summed E-state index contributed by atoms with van der Waals surface area (Å²) in [6, 6.07) is 1.71. The number of benzene rings is 1. The first kappa shape index (κ1) is 8.33. The van der Waals surface area contributed by atoms with E-state index in [0.717, 1.165) is 11.0 Å². The molecule has 1 rings (SSSR count). The SMILES string of the molecule is Bc1cc(C)c(O)c(S)c1O. The Morgan fingerprint density at radius 2 is 1.91 bits per heavy atom. The van der Waals surface area contributed by atoms with Crippen LogP contribution in [0.15, 0.2) is 11.0 Å². The minimum atomic E-state index is 0.0523. The highest BCUT2D eigenvalue weighted by atomic mass is 32.1. The van der Waals surface area contributed by atoms with Gasteiger partial charge >= 0.3 is 0 Å². The molecule has 0 unspecified atom stereocenters. The van der Waals surface area contributed by atoms with Crippen LogP contribution in [0.3, 0.4) is 0 Å². The van der Waals surface area contributed by atoms with Crippen molar-refractivity contribution < 1.29 is 10.2 Å². The Hall–Kier alpha value is -0.765. The van der Waals surface area contributed by atoms with Crippen LogP contribution in [0.25, 0.3) is 0 Å². The highest BCUT2D eigenvalue weighted by Gasteiger charge is 2.08. The van der Waals surface area contributed by atoms with E-state index in [4.69, 9.17) is 0 Å². The second-order valence-electron chi connectivity index (χ2n) is 2.56. The highest BCUT2D eigenvalue weighted by Crippen LogP contribution is 2.31. The Balaban J connectivity index is 3.46. The van der Waals surface area contributed by atoms with Crippen LogP contribution in [0.2, 0.25) is 0 Å². The molecule has 2 N–H and O–H groups in total. The summed E-state index contributed by atoms with van der Waals surface area (Å²) >= 11 is 3.95. The molecule has 0 saturated heterocycles. The lowest BCUT2D eigenvalue weighted by atomic mass is 9.93. The van der Waals surface area contributed by atoms with Gasteiger partial charge in [0.15, 0.2) is 0 Å². The predicted molar refractivity (Wildman–Crippen MR) is 49.9 cm³/mol. The first-order valence-corrected chi connectivity index (χ1v) is 3.70. The summed E-state index contributed by atoms with van der Waals surface area (Å²) in [6.07, 6.45) is 0. The molecule has 1 aromatic carbocycles. The lowest BCUT2D eigenvalue weighted by Crippen LogP contribution is -2.04. The van der Waals surface area contributed by atoms with E-state index >= 15 is 0 Å². The van der Waals surface area contributed by atoms with Gasteiger partial charge in [-0.1, -0.05) is 6.07 Å². The van der Waals surface area contributed by atoms with Gasteiger partial charge in [-0.25, -0.2) is 0 Å². The van der Waals surface area contributed by atoms with E-state index in [1.165, 1.54) is 0 Å². The molecule has 4 heteroatoms. The molecule has 58 valence electrons. The Bertz CT molecular complexity index is 273. The second-order valence-corrected chi connectivity index (χ2v) is 3.00. The maximum atomic E-state index is 9.28. The number of rotatable bonds is 0. The fraction of sp³-hybridized carbons (Fsp3) is 0.143. The van der Waals surface area contributed by atoms with Gasteiger partial charge in [-0.05, 0) is 17.9 Å². The van der Waals surface area contributed by atoms with Gasteiger partial charge in [0.05, 0.1) is 4.90 Å². The average molecular weight is 168 g/mol. The van der Waals surface area contributed by atoms with Crippen molar-refractivity contribution in [2.45, 2.75) is 11.8 Å². The van der Waals surface area contributed by atoms with E-state index in [-0.39, 0.29) is 16.4 Å². The Morgan fingerprint density at radius 1 is 1.36 bits per heavy atom. The van der Waals surface area contributed by atoms with E-state index in [2.05, 4.69) is 12.6 Å². The van der Waals surface area contributed by atoms with Gasteiger partial charge in [0.1, 0.15) is 19.3 Å². The van der Waals surface area contributed by atoms with E-state index in [1.807, 2.05) is 0 Å². The number of aromatic hydroxyl groups is 2. The Kier molecular flexibility index (Phi) is 2.04. The van der Waals surface area contributed by atoms with E-state index in [9.17, 15) is 10.2 Å². The van der Waals surface area contributed by atoms with Gasteiger partial charge < -0.3 is 10.2 Å². The molecule has 0 saturated carbocycles. The predicted octanol–water partition coefficient (Wildman–Crippen LogP) is -0.0467. The summed E-state index contributed by atoms with van der Waals surface area (Å²) < 4.78 is 0. The van der Waals surface area contributed by atoms with Gasteiger partial charge in [0, 0.05) is 0 Å². The molecule has 0 amide bonds. The number of aryl methyl sites for hydroxylation is 1. The molecule has 0 aromatic heterocycles. The lowest BCUT2D eigenvalue weighted by Gasteiger charge is -2.06. The molecule has 2 nitrogen and oxygen atoms in total. The minimum absolute atomic E-state index is 0.0523. The summed E-state index contributed by atoms with van der Waals surface area (Å²) in [5, 5.41) is 18.6. The fourth-order valence-electron chi connectivity index (χ4n) is 0.947. The normalized spacial score (nSPS) is 10.0. The third kappa shape index (κ3) is 1.31. The first-order chi connectivity index (χ1) is 5.04. The summed E-state index contributed by atoms with van der Waals surface area (Å²) in [6.45, 7) is 1.77. The van der Waals surface area contributed by atoms with Crippen molar-refractivity contribution in [3.05, 3.63) is 11.6 Å². The maximum absolute atomic E-state index is 9.28. The van der Waals surface area contributed by atoms with Gasteiger partial charge in [0.25, 0.3) is 0 Å². The van der Waals surface area contributed by atoms with Crippen molar-refractivity contribution in [2.24, 2.45) is 0 Å². The van der Waals surface area contributed by atoms with Crippen LogP contribution >= 0.6 is 12.6 Å². The van der Waals surface area contributed by atoms with Crippen LogP contribution < -0.4 is 5.46 Å². The van der Waals surface area contributed by atoms with Crippen molar-refractivity contribution in [1.29, 1.82) is 0 Å². The van der Waals surface area contributed by atoms with Crippen molar-refractivity contribution in [1.82, 2.24) is 0 Å². The molecule has 0 aliphatic rings. The van der Waals surface area contributed by atoms with E-state index in [1.54, 1.807) is 20.8 Å². The first-order valence-electron chi connectivity index (χ1n) is 3.25. The van der Waals surface area contributed by atoms with Gasteiger partial charge in [0.2, 0.25) is 0 Å². The molecular weight excluding hydrogens is 159 g/mol. The molecule has 1 aromatic rings. The molecule has 0 aliphatic heterocycles. The minimum Gasteiger partial charge on any atom is -0.507 e. The molecule has 0 aliphatic carbocycles. The molecule has 0 spiro atoms. The molecule has 0 radical (unpaired) electrons. The zero-order valence-corrected chi connectivity index (χ0v) is 7.31. The van der Waals surface area contributed by atoms with Crippen LogP contribution in [0.1, 0.15) is 5.56 Å². The monoisotopic (exact) mass is 168 g/mol. The van der Waals surface area contributed by atoms with Crippen LogP contribution in [0.5, 0.6) is 11.5 Å². The van der Waals surface area contributed by atoms with Gasteiger partial charge in [-0.3, -0.25) is 0 Å². The zero-order valence-electron chi connectivity index (χ0n) is 6.42. The van der Waals surface area contributed by atoms with Crippen LogP contribution in [-0.4, -0.2) is 18.1 Å². The van der Waals surface area contributed by atoms with Crippen molar-refractivity contribution in [3.63, 3.8) is 0 Å². The van der Waals surface area contributed by atoms with Crippen molar-refractivity contribution >= 4 is 25.9 Å². The smallest absolute Gasteiger partial charge is 0.144 e. The highest BCUT2D eigenvalue weighted by molar-refractivity contribution is 7.80. The zero-order chi connectivity index (χ0) is 8.59. The molecule has 0 bridgehead atoms. The average Bonchev–Trinajstić information content (AvgIpc) is 1.97. The summed E-state index contributed by atoms with van der Waals surface area (Å²) in [4.78, 5) is 0.252. The quantitative estimate of drug-likeness (QED) is 0.375.